The molecule has 0 aliphatic carbocycles. The van der Waals surface area contributed by atoms with E-state index < -0.39 is 0 Å². The predicted octanol–water partition coefficient (Wildman–Crippen LogP) is 2.68. The number of hydrogen-bond acceptors (Lipinski definition) is 3. The smallest absolute Gasteiger partial charge is 0.0576 e. The van der Waals surface area contributed by atoms with Crippen LogP contribution in [0.3, 0.4) is 0 Å². The number of hydrogen-bond donors (Lipinski definition) is 1. The van der Waals surface area contributed by atoms with Crippen molar-refractivity contribution in [3.05, 3.63) is 0 Å². The Hall–Kier alpha value is 0.270. The third kappa shape index (κ3) is 5.79. The zero-order valence-corrected chi connectivity index (χ0v) is 11.1. The first-order valence-corrected chi connectivity index (χ1v) is 7.17. The molecule has 1 fully saturated rings. The van der Waals surface area contributed by atoms with Crippen molar-refractivity contribution in [2.24, 2.45) is 0 Å². The van der Waals surface area contributed by atoms with Gasteiger partial charge in [-0.1, -0.05) is 13.8 Å². The minimum Gasteiger partial charge on any atom is -0.378 e. The quantitative estimate of drug-likeness (QED) is 0.728. The van der Waals surface area contributed by atoms with E-state index in [0.29, 0.717) is 12.1 Å². The van der Waals surface area contributed by atoms with Gasteiger partial charge < -0.3 is 10.1 Å². The normalized spacial score (nSPS) is 23.6. The van der Waals surface area contributed by atoms with Crippen molar-refractivity contribution in [3.8, 4) is 0 Å². The highest BCUT2D eigenvalue weighted by molar-refractivity contribution is 7.99. The van der Waals surface area contributed by atoms with Crippen LogP contribution in [0, 0.1) is 0 Å². The van der Waals surface area contributed by atoms with Crippen molar-refractivity contribution in [3.63, 3.8) is 0 Å². The molecule has 3 heteroatoms. The average Bonchev–Trinajstić information content (AvgIpc) is 2.70. The maximum absolute atomic E-state index is 5.64. The van der Waals surface area contributed by atoms with Crippen LogP contribution in [-0.2, 0) is 4.74 Å². The molecular formula is C12H25NOS. The van der Waals surface area contributed by atoms with E-state index in [1.54, 1.807) is 0 Å². The molecule has 0 aromatic heterocycles. The molecule has 1 aliphatic rings. The van der Waals surface area contributed by atoms with Gasteiger partial charge in [0.1, 0.15) is 0 Å². The van der Waals surface area contributed by atoms with Gasteiger partial charge in [0.05, 0.1) is 6.10 Å². The maximum Gasteiger partial charge on any atom is 0.0576 e. The van der Waals surface area contributed by atoms with E-state index in [-0.39, 0.29) is 0 Å². The van der Waals surface area contributed by atoms with Crippen LogP contribution >= 0.6 is 11.8 Å². The van der Waals surface area contributed by atoms with Crippen LogP contribution in [0.1, 0.15) is 39.5 Å². The van der Waals surface area contributed by atoms with Crippen LogP contribution in [0.2, 0.25) is 0 Å². The van der Waals surface area contributed by atoms with Gasteiger partial charge in [-0.15, -0.1) is 0 Å². The summed E-state index contributed by atoms with van der Waals surface area (Å²) in [5.41, 5.74) is 0. The van der Waals surface area contributed by atoms with Crippen LogP contribution < -0.4 is 5.32 Å². The fraction of sp³-hybridized carbons (Fsp3) is 1.00. The second kappa shape index (κ2) is 7.53. The highest BCUT2D eigenvalue weighted by atomic mass is 32.2. The Morgan fingerprint density at radius 3 is 2.80 bits per heavy atom. The number of nitrogens with one attached hydrogen (secondary N) is 1. The molecule has 90 valence electrons. The Labute approximate surface area is 98.5 Å². The van der Waals surface area contributed by atoms with Gasteiger partial charge in [-0.25, -0.2) is 0 Å². The van der Waals surface area contributed by atoms with E-state index in [0.717, 1.165) is 11.9 Å². The standard InChI is InChI=1S/C12H25NOS/c1-10(2)15-9-11(13-3)6-7-12-5-4-8-14-12/h10-13H,4-9H2,1-3H3. The summed E-state index contributed by atoms with van der Waals surface area (Å²) in [6.07, 6.45) is 5.55. The summed E-state index contributed by atoms with van der Waals surface area (Å²) < 4.78 is 5.64. The third-order valence-corrected chi connectivity index (χ3v) is 4.16. The Kier molecular flexibility index (Phi) is 6.69. The van der Waals surface area contributed by atoms with Crippen molar-refractivity contribution >= 4 is 11.8 Å². The molecule has 2 unspecified atom stereocenters. The fourth-order valence-electron chi connectivity index (χ4n) is 1.88. The second-order valence-corrected chi connectivity index (χ2v) is 6.19. The molecule has 1 N–H and O–H groups in total. The summed E-state index contributed by atoms with van der Waals surface area (Å²) in [6.45, 7) is 5.50. The molecular weight excluding hydrogens is 206 g/mol. The molecule has 0 bridgehead atoms. The zero-order chi connectivity index (χ0) is 11.1. The number of ether oxygens (including phenoxy) is 1. The van der Waals surface area contributed by atoms with Crippen molar-refractivity contribution in [2.75, 3.05) is 19.4 Å². The lowest BCUT2D eigenvalue weighted by Gasteiger charge is -2.18. The molecule has 2 nitrogen and oxygen atoms in total. The lowest BCUT2D eigenvalue weighted by atomic mass is 10.1. The predicted molar refractivity (Wildman–Crippen MR) is 68.6 cm³/mol. The van der Waals surface area contributed by atoms with E-state index in [9.17, 15) is 0 Å². The van der Waals surface area contributed by atoms with E-state index in [2.05, 4.69) is 26.2 Å². The molecule has 2 atom stereocenters. The van der Waals surface area contributed by atoms with Gasteiger partial charge in [0.2, 0.25) is 0 Å². The van der Waals surface area contributed by atoms with E-state index >= 15 is 0 Å². The second-order valence-electron chi connectivity index (χ2n) is 4.58. The van der Waals surface area contributed by atoms with Gasteiger partial charge in [0.15, 0.2) is 0 Å². The summed E-state index contributed by atoms with van der Waals surface area (Å²) in [6, 6.07) is 0.654. The average molecular weight is 231 g/mol. The summed E-state index contributed by atoms with van der Waals surface area (Å²) in [5.74, 6) is 1.22. The van der Waals surface area contributed by atoms with Crippen LogP contribution in [0.4, 0.5) is 0 Å². The molecule has 0 spiro atoms. The Bertz CT molecular complexity index is 158. The first-order valence-electron chi connectivity index (χ1n) is 6.13. The molecule has 1 rings (SSSR count). The Balaban J connectivity index is 2.09. The van der Waals surface area contributed by atoms with E-state index in [1.165, 1.54) is 31.4 Å². The topological polar surface area (TPSA) is 21.3 Å². The van der Waals surface area contributed by atoms with Gasteiger partial charge in [-0.3, -0.25) is 0 Å². The monoisotopic (exact) mass is 231 g/mol. The van der Waals surface area contributed by atoms with E-state index in [4.69, 9.17) is 4.74 Å². The van der Waals surface area contributed by atoms with E-state index in [1.807, 2.05) is 11.8 Å². The molecule has 1 heterocycles. The lowest BCUT2D eigenvalue weighted by Crippen LogP contribution is -2.29. The number of rotatable bonds is 7. The first-order chi connectivity index (χ1) is 7.22. The summed E-state index contributed by atoms with van der Waals surface area (Å²) in [5, 5.41) is 4.14. The molecule has 0 saturated carbocycles. The van der Waals surface area contributed by atoms with Crippen LogP contribution in [0.15, 0.2) is 0 Å². The molecule has 0 aromatic rings. The molecule has 0 aromatic carbocycles. The largest absolute Gasteiger partial charge is 0.378 e. The fourth-order valence-corrected chi connectivity index (χ4v) is 2.83. The lowest BCUT2D eigenvalue weighted by molar-refractivity contribution is 0.100. The zero-order valence-electron chi connectivity index (χ0n) is 10.3. The Morgan fingerprint density at radius 1 is 1.47 bits per heavy atom. The molecule has 0 radical (unpaired) electrons. The summed E-state index contributed by atoms with van der Waals surface area (Å²) >= 11 is 2.04. The van der Waals surface area contributed by atoms with Crippen LogP contribution in [0.25, 0.3) is 0 Å². The molecule has 15 heavy (non-hydrogen) atoms. The van der Waals surface area contributed by atoms with Crippen molar-refractivity contribution in [2.45, 2.75) is 56.9 Å². The molecule has 0 amide bonds. The van der Waals surface area contributed by atoms with Gasteiger partial charge in [0, 0.05) is 18.4 Å². The minimum atomic E-state index is 0.546. The first kappa shape index (κ1) is 13.3. The summed E-state index contributed by atoms with van der Waals surface area (Å²) in [7, 11) is 2.07. The van der Waals surface area contributed by atoms with Crippen LogP contribution in [-0.4, -0.2) is 36.8 Å². The van der Waals surface area contributed by atoms with Gasteiger partial charge in [-0.2, -0.15) is 11.8 Å². The summed E-state index contributed by atoms with van der Waals surface area (Å²) in [4.78, 5) is 0. The molecule has 1 aliphatic heterocycles. The van der Waals surface area contributed by atoms with Crippen molar-refractivity contribution < 1.29 is 4.74 Å². The van der Waals surface area contributed by atoms with Crippen molar-refractivity contribution in [1.82, 2.24) is 5.32 Å². The maximum atomic E-state index is 5.64. The van der Waals surface area contributed by atoms with Crippen molar-refractivity contribution in [1.29, 1.82) is 0 Å². The number of thioether (sulfide) groups is 1. The van der Waals surface area contributed by atoms with Gasteiger partial charge >= 0.3 is 0 Å². The Morgan fingerprint density at radius 2 is 2.27 bits per heavy atom. The third-order valence-electron chi connectivity index (χ3n) is 2.90. The SMILES string of the molecule is CNC(CCC1CCCO1)CSC(C)C. The van der Waals surface area contributed by atoms with Gasteiger partial charge in [0.25, 0.3) is 0 Å². The minimum absolute atomic E-state index is 0.546. The molecule has 1 saturated heterocycles. The van der Waals surface area contributed by atoms with Gasteiger partial charge in [-0.05, 0) is 38.0 Å². The highest BCUT2D eigenvalue weighted by Crippen LogP contribution is 2.19. The highest BCUT2D eigenvalue weighted by Gasteiger charge is 2.17. The van der Waals surface area contributed by atoms with Crippen LogP contribution in [0.5, 0.6) is 0 Å².